The Kier molecular flexibility index (Phi) is 7.06. The Morgan fingerprint density at radius 2 is 1.71 bits per heavy atom. The summed E-state index contributed by atoms with van der Waals surface area (Å²) in [5.41, 5.74) is -2.71. The van der Waals surface area contributed by atoms with E-state index in [1.54, 1.807) is 26.8 Å². The predicted octanol–water partition coefficient (Wildman–Crippen LogP) is 4.69. The number of hydrogen-bond donors (Lipinski definition) is 1. The van der Waals surface area contributed by atoms with Crippen LogP contribution < -0.4 is 4.72 Å². The molecule has 0 aromatic heterocycles. The summed E-state index contributed by atoms with van der Waals surface area (Å²) in [5.74, 6) is 4.97. The van der Waals surface area contributed by atoms with Crippen LogP contribution in [0.4, 0.5) is 13.2 Å². The fraction of sp³-hybridized carbons (Fsp3) is 0.556. The molecule has 0 amide bonds. The molecule has 0 saturated carbocycles. The second kappa shape index (κ2) is 8.17. The van der Waals surface area contributed by atoms with E-state index in [-0.39, 0.29) is 5.56 Å². The van der Waals surface area contributed by atoms with Crippen molar-refractivity contribution in [2.45, 2.75) is 63.4 Å². The maximum atomic E-state index is 14.0. The third kappa shape index (κ3) is 5.09. The first kappa shape index (κ1) is 20.7. The van der Waals surface area contributed by atoms with E-state index in [1.165, 1.54) is 24.3 Å². The van der Waals surface area contributed by atoms with Gasteiger partial charge >= 0.3 is 6.18 Å². The number of nitrogens with one attached hydrogen (secondary N) is 1. The van der Waals surface area contributed by atoms with Crippen LogP contribution in [0.15, 0.2) is 30.3 Å². The zero-order valence-corrected chi connectivity index (χ0v) is 15.3. The molecule has 2 nitrogen and oxygen atoms in total. The van der Waals surface area contributed by atoms with E-state index < -0.39 is 27.4 Å². The van der Waals surface area contributed by atoms with Crippen LogP contribution in [0, 0.1) is 11.8 Å². The monoisotopic (exact) mass is 359 g/mol. The zero-order chi connectivity index (χ0) is 18.4. The van der Waals surface area contributed by atoms with Gasteiger partial charge in [-0.05, 0) is 32.8 Å². The fourth-order valence-electron chi connectivity index (χ4n) is 1.89. The molecule has 0 bridgehead atoms. The molecule has 2 atom stereocenters. The van der Waals surface area contributed by atoms with Crippen molar-refractivity contribution in [3.8, 4) is 11.8 Å². The van der Waals surface area contributed by atoms with E-state index in [9.17, 15) is 17.4 Å². The smallest absolute Gasteiger partial charge is 0.242 e. The number of rotatable bonds is 5. The highest BCUT2D eigenvalue weighted by atomic mass is 32.2. The highest BCUT2D eigenvalue weighted by Gasteiger charge is 2.57. The van der Waals surface area contributed by atoms with Crippen molar-refractivity contribution in [2.75, 3.05) is 0 Å². The van der Waals surface area contributed by atoms with Gasteiger partial charge in [0.1, 0.15) is 0 Å². The SMILES string of the molecule is CCCCC#C[C@](N[S@@](=O)C(C)(C)C)(c1ccccc1)C(F)(F)F. The number of benzene rings is 1. The lowest BCUT2D eigenvalue weighted by Gasteiger charge is -2.34. The van der Waals surface area contributed by atoms with Gasteiger partial charge in [-0.3, -0.25) is 0 Å². The molecule has 0 radical (unpaired) electrons. The Morgan fingerprint density at radius 1 is 1.12 bits per heavy atom. The molecule has 0 unspecified atom stereocenters. The van der Waals surface area contributed by atoms with Crippen molar-refractivity contribution in [3.05, 3.63) is 35.9 Å². The van der Waals surface area contributed by atoms with E-state index in [0.717, 1.165) is 12.8 Å². The molecule has 0 aliphatic rings. The van der Waals surface area contributed by atoms with Gasteiger partial charge in [0.05, 0.1) is 15.7 Å². The maximum absolute atomic E-state index is 14.0. The van der Waals surface area contributed by atoms with E-state index >= 15 is 0 Å². The lowest BCUT2D eigenvalue weighted by atomic mass is 9.90. The fourth-order valence-corrected chi connectivity index (χ4v) is 2.76. The van der Waals surface area contributed by atoms with Crippen molar-refractivity contribution in [3.63, 3.8) is 0 Å². The Balaban J connectivity index is 3.44. The third-order valence-corrected chi connectivity index (χ3v) is 4.97. The Bertz CT molecular complexity index is 611. The van der Waals surface area contributed by atoms with Crippen LogP contribution >= 0.6 is 0 Å². The van der Waals surface area contributed by atoms with Crippen LogP contribution in [0.25, 0.3) is 0 Å². The lowest BCUT2D eigenvalue weighted by Crippen LogP contribution is -2.56. The van der Waals surface area contributed by atoms with Gasteiger partial charge in [0.2, 0.25) is 5.54 Å². The summed E-state index contributed by atoms with van der Waals surface area (Å²) < 4.78 is 55.9. The maximum Gasteiger partial charge on any atom is 0.423 e. The minimum absolute atomic E-state index is 0.0564. The van der Waals surface area contributed by atoms with Crippen LogP contribution in [0.2, 0.25) is 0 Å². The molecule has 0 heterocycles. The number of unbranched alkanes of at least 4 members (excludes halogenated alkanes) is 2. The summed E-state index contributed by atoms with van der Waals surface area (Å²) >= 11 is 0. The molecule has 0 fully saturated rings. The average molecular weight is 359 g/mol. The van der Waals surface area contributed by atoms with Crippen LogP contribution in [-0.4, -0.2) is 15.1 Å². The molecule has 1 rings (SSSR count). The minimum atomic E-state index is -4.71. The molecular formula is C18H24F3NOS. The van der Waals surface area contributed by atoms with Crippen molar-refractivity contribution in [1.29, 1.82) is 0 Å². The standard InChI is InChI=1S/C18H24F3NOS/c1-5-6-7-11-14-17(18(19,20)21,15-12-9-8-10-13-15)22-24(23)16(2,3)4/h8-10,12-13,22H,5-7H2,1-4H3/t17-,24-/m0/s1. The summed E-state index contributed by atoms with van der Waals surface area (Å²) in [6.45, 7) is 6.80. The summed E-state index contributed by atoms with van der Waals surface area (Å²) in [6, 6.07) is 7.38. The summed E-state index contributed by atoms with van der Waals surface area (Å²) in [6.07, 6.45) is -2.78. The predicted molar refractivity (Wildman–Crippen MR) is 92.5 cm³/mol. The van der Waals surface area contributed by atoms with Crippen LogP contribution in [0.1, 0.15) is 52.5 Å². The molecule has 1 N–H and O–H groups in total. The van der Waals surface area contributed by atoms with Crippen molar-refractivity contribution in [2.24, 2.45) is 0 Å². The molecule has 0 saturated heterocycles. The topological polar surface area (TPSA) is 29.1 Å². The highest BCUT2D eigenvalue weighted by molar-refractivity contribution is 7.84. The first-order valence-electron chi connectivity index (χ1n) is 7.86. The zero-order valence-electron chi connectivity index (χ0n) is 14.5. The van der Waals surface area contributed by atoms with E-state index in [2.05, 4.69) is 16.6 Å². The largest absolute Gasteiger partial charge is 0.423 e. The van der Waals surface area contributed by atoms with Gasteiger partial charge in [0.25, 0.3) is 0 Å². The number of halogens is 3. The van der Waals surface area contributed by atoms with E-state index in [4.69, 9.17) is 0 Å². The molecule has 134 valence electrons. The normalized spacial score (nSPS) is 16.0. The van der Waals surface area contributed by atoms with Crippen LogP contribution in [-0.2, 0) is 16.5 Å². The van der Waals surface area contributed by atoms with Gasteiger partial charge in [0.15, 0.2) is 0 Å². The van der Waals surface area contributed by atoms with Gasteiger partial charge in [-0.1, -0.05) is 49.6 Å². The van der Waals surface area contributed by atoms with Crippen molar-refractivity contribution >= 4 is 11.0 Å². The first-order chi connectivity index (χ1) is 11.0. The van der Waals surface area contributed by atoms with Crippen molar-refractivity contribution < 1.29 is 17.4 Å². The quantitative estimate of drug-likeness (QED) is 0.600. The second-order valence-corrected chi connectivity index (χ2v) is 8.47. The molecule has 1 aromatic carbocycles. The summed E-state index contributed by atoms with van der Waals surface area (Å²) in [7, 11) is -1.93. The van der Waals surface area contributed by atoms with E-state index in [0.29, 0.717) is 6.42 Å². The van der Waals surface area contributed by atoms with Crippen molar-refractivity contribution in [1.82, 2.24) is 4.72 Å². The third-order valence-electron chi connectivity index (χ3n) is 3.37. The van der Waals surface area contributed by atoms with Crippen LogP contribution in [0.5, 0.6) is 0 Å². The Hall–Kier alpha value is -1.32. The lowest BCUT2D eigenvalue weighted by molar-refractivity contribution is -0.176. The molecule has 6 heteroatoms. The Labute approximate surface area is 144 Å². The summed E-state index contributed by atoms with van der Waals surface area (Å²) in [5, 5.41) is 0. The summed E-state index contributed by atoms with van der Waals surface area (Å²) in [4.78, 5) is 0. The van der Waals surface area contributed by atoms with Crippen LogP contribution in [0.3, 0.4) is 0 Å². The van der Waals surface area contributed by atoms with Gasteiger partial charge in [-0.2, -0.15) is 13.2 Å². The molecule has 0 aliphatic carbocycles. The highest BCUT2D eigenvalue weighted by Crippen LogP contribution is 2.39. The molecule has 1 aromatic rings. The van der Waals surface area contributed by atoms with Gasteiger partial charge in [-0.25, -0.2) is 8.93 Å². The Morgan fingerprint density at radius 3 is 2.17 bits per heavy atom. The van der Waals surface area contributed by atoms with Gasteiger partial charge in [0, 0.05) is 6.42 Å². The van der Waals surface area contributed by atoms with Gasteiger partial charge in [-0.15, -0.1) is 5.92 Å². The number of hydrogen-bond acceptors (Lipinski definition) is 1. The van der Waals surface area contributed by atoms with Gasteiger partial charge < -0.3 is 0 Å². The molecule has 0 aliphatic heterocycles. The second-order valence-electron chi connectivity index (χ2n) is 6.50. The molecular weight excluding hydrogens is 335 g/mol. The minimum Gasteiger partial charge on any atom is -0.242 e. The molecule has 24 heavy (non-hydrogen) atoms. The number of alkyl halides is 3. The first-order valence-corrected chi connectivity index (χ1v) is 9.01. The average Bonchev–Trinajstić information content (AvgIpc) is 2.49. The molecule has 0 spiro atoms. The van der Waals surface area contributed by atoms with E-state index in [1.807, 2.05) is 6.92 Å².